The summed E-state index contributed by atoms with van der Waals surface area (Å²) in [6.07, 6.45) is 6.70. The van der Waals surface area contributed by atoms with Crippen LogP contribution < -0.4 is 11.3 Å². The molecule has 0 radical (unpaired) electrons. The Morgan fingerprint density at radius 3 is 2.38 bits per heavy atom. The van der Waals surface area contributed by atoms with Crippen molar-refractivity contribution in [3.8, 4) is 16.8 Å². The summed E-state index contributed by atoms with van der Waals surface area (Å²) in [5.41, 5.74) is 6.72. The van der Waals surface area contributed by atoms with E-state index in [1.54, 1.807) is 41.6 Å². The number of aliphatic hydroxyl groups is 1. The normalized spacial score (nSPS) is 14.8. The second kappa shape index (κ2) is 10.7. The van der Waals surface area contributed by atoms with Crippen molar-refractivity contribution < 1.29 is 19.1 Å². The van der Waals surface area contributed by atoms with E-state index in [0.717, 1.165) is 11.1 Å². The van der Waals surface area contributed by atoms with Crippen LogP contribution in [0.25, 0.3) is 27.8 Å². The average molecular weight is 571 g/mol. The number of fused-ring (bicyclic) bond motifs is 1. The quantitative estimate of drug-likeness (QED) is 0.302. The van der Waals surface area contributed by atoms with E-state index in [0.29, 0.717) is 30.0 Å². The fourth-order valence-corrected chi connectivity index (χ4v) is 5.18. The number of piperidine rings is 1. The van der Waals surface area contributed by atoms with E-state index < -0.39 is 11.5 Å². The van der Waals surface area contributed by atoms with Gasteiger partial charge >= 0.3 is 0 Å². The van der Waals surface area contributed by atoms with Gasteiger partial charge in [0.1, 0.15) is 24.1 Å². The van der Waals surface area contributed by atoms with Gasteiger partial charge in [0.2, 0.25) is 5.91 Å². The maximum Gasteiger partial charge on any atom is 0.264 e. The van der Waals surface area contributed by atoms with Crippen LogP contribution in [0.5, 0.6) is 0 Å². The SMILES string of the molecule is NC(=O)Cn1cc(-c2ccc(C(=O)N3CCC(O)(Cn4cnc5c(cnn5-c5ccc(F)cc5)c4=O)CC3)cc2)cn1. The number of hydrogen-bond acceptors (Lipinski definition) is 7. The van der Waals surface area contributed by atoms with E-state index >= 15 is 0 Å². The Labute approximate surface area is 238 Å². The van der Waals surface area contributed by atoms with E-state index in [-0.39, 0.29) is 48.6 Å². The highest BCUT2D eigenvalue weighted by Gasteiger charge is 2.35. The number of likely N-dealkylation sites (tertiary alicyclic amines) is 1. The second-order valence-corrected chi connectivity index (χ2v) is 10.4. The van der Waals surface area contributed by atoms with Crippen molar-refractivity contribution in [2.75, 3.05) is 13.1 Å². The van der Waals surface area contributed by atoms with Gasteiger partial charge in [-0.2, -0.15) is 10.2 Å². The fraction of sp³-hybridized carbons (Fsp3) is 0.241. The number of aromatic nitrogens is 6. The average Bonchev–Trinajstić information content (AvgIpc) is 3.63. The van der Waals surface area contributed by atoms with Gasteiger partial charge in [-0.05, 0) is 54.8 Å². The fourth-order valence-electron chi connectivity index (χ4n) is 5.18. The predicted octanol–water partition coefficient (Wildman–Crippen LogP) is 1.74. The number of primary amides is 1. The maximum absolute atomic E-state index is 13.3. The molecule has 0 unspecified atom stereocenters. The molecule has 4 heterocycles. The van der Waals surface area contributed by atoms with Crippen LogP contribution in [0, 0.1) is 5.82 Å². The number of rotatable bonds is 7. The summed E-state index contributed by atoms with van der Waals surface area (Å²) in [5.74, 6) is -1.02. The molecule has 1 fully saturated rings. The molecular formula is C29H27FN8O4. The predicted molar refractivity (Wildman–Crippen MR) is 150 cm³/mol. The van der Waals surface area contributed by atoms with Crippen molar-refractivity contribution in [3.63, 3.8) is 0 Å². The molecule has 12 nitrogen and oxygen atoms in total. The van der Waals surface area contributed by atoms with E-state index in [1.807, 2.05) is 12.1 Å². The lowest BCUT2D eigenvalue weighted by atomic mass is 9.90. The lowest BCUT2D eigenvalue weighted by Gasteiger charge is -2.38. The number of hydrogen-bond donors (Lipinski definition) is 2. The Hall–Kier alpha value is -5.17. The molecule has 0 spiro atoms. The van der Waals surface area contributed by atoms with Gasteiger partial charge in [-0.15, -0.1) is 0 Å². The lowest BCUT2D eigenvalue weighted by molar-refractivity contribution is -0.118. The zero-order valence-electron chi connectivity index (χ0n) is 22.4. The molecule has 1 aliphatic rings. The number of amides is 2. The Bertz CT molecular complexity index is 1830. The summed E-state index contributed by atoms with van der Waals surface area (Å²) < 4.78 is 17.6. The third-order valence-electron chi connectivity index (χ3n) is 7.49. The minimum Gasteiger partial charge on any atom is -0.388 e. The number of carbonyl (C=O) groups is 2. The second-order valence-electron chi connectivity index (χ2n) is 10.4. The highest BCUT2D eigenvalue weighted by Crippen LogP contribution is 2.26. The van der Waals surface area contributed by atoms with Crippen molar-refractivity contribution in [2.45, 2.75) is 31.5 Å². The lowest BCUT2D eigenvalue weighted by Crippen LogP contribution is -2.49. The molecule has 3 N–H and O–H groups in total. The molecule has 0 aliphatic carbocycles. The largest absolute Gasteiger partial charge is 0.388 e. The summed E-state index contributed by atoms with van der Waals surface area (Å²) in [4.78, 5) is 43.5. The molecular weight excluding hydrogens is 543 g/mol. The Balaban J connectivity index is 1.10. The van der Waals surface area contributed by atoms with Crippen LogP contribution in [-0.4, -0.2) is 69.6 Å². The van der Waals surface area contributed by atoms with Crippen LogP contribution in [0.2, 0.25) is 0 Å². The molecule has 3 aromatic heterocycles. The van der Waals surface area contributed by atoms with Gasteiger partial charge in [-0.1, -0.05) is 12.1 Å². The maximum atomic E-state index is 13.3. The minimum atomic E-state index is -1.20. The standard InChI is InChI=1S/C29H27FN8O4/c30-22-5-7-23(8-6-22)38-26-24(14-34-38)28(41)36(18-32-26)17-29(42)9-11-35(12-10-29)27(40)20-3-1-19(2-4-20)21-13-33-37(15-21)16-25(31)39/h1-8,13-15,18,42H,9-12,16-17H2,(H2,31,39). The van der Waals surface area contributed by atoms with Crippen molar-refractivity contribution in [1.82, 2.24) is 34.0 Å². The van der Waals surface area contributed by atoms with E-state index in [9.17, 15) is 23.9 Å². The first-order chi connectivity index (χ1) is 20.2. The third kappa shape index (κ3) is 5.29. The summed E-state index contributed by atoms with van der Waals surface area (Å²) >= 11 is 0. The number of nitrogens with zero attached hydrogens (tertiary/aromatic N) is 7. The van der Waals surface area contributed by atoms with Crippen molar-refractivity contribution in [1.29, 1.82) is 0 Å². The Morgan fingerprint density at radius 2 is 1.69 bits per heavy atom. The molecule has 0 saturated carbocycles. The van der Waals surface area contributed by atoms with Gasteiger partial charge < -0.3 is 15.7 Å². The number of carbonyl (C=O) groups excluding carboxylic acids is 2. The van der Waals surface area contributed by atoms with Crippen LogP contribution >= 0.6 is 0 Å². The monoisotopic (exact) mass is 570 g/mol. The number of benzene rings is 2. The molecule has 2 amide bonds. The highest BCUT2D eigenvalue weighted by atomic mass is 19.1. The summed E-state index contributed by atoms with van der Waals surface area (Å²) in [7, 11) is 0. The van der Waals surface area contributed by atoms with Crippen LogP contribution in [0.15, 0.2) is 78.2 Å². The first-order valence-corrected chi connectivity index (χ1v) is 13.3. The topological polar surface area (TPSA) is 154 Å². The van der Waals surface area contributed by atoms with Crippen LogP contribution in [0.3, 0.4) is 0 Å². The first-order valence-electron chi connectivity index (χ1n) is 13.3. The molecule has 13 heteroatoms. The smallest absolute Gasteiger partial charge is 0.264 e. The minimum absolute atomic E-state index is 0.0140. The van der Waals surface area contributed by atoms with E-state index in [4.69, 9.17) is 5.73 Å². The molecule has 1 aliphatic heterocycles. The van der Waals surface area contributed by atoms with Gasteiger partial charge in [-0.3, -0.25) is 23.6 Å². The van der Waals surface area contributed by atoms with E-state index in [2.05, 4.69) is 15.2 Å². The Kier molecular flexibility index (Phi) is 6.86. The van der Waals surface area contributed by atoms with Crippen molar-refractivity contribution >= 4 is 22.8 Å². The van der Waals surface area contributed by atoms with Gasteiger partial charge in [0.15, 0.2) is 5.65 Å². The first kappa shape index (κ1) is 27.0. The molecule has 42 heavy (non-hydrogen) atoms. The summed E-state index contributed by atoms with van der Waals surface area (Å²) in [6.45, 7) is 0.657. The van der Waals surface area contributed by atoms with Crippen molar-refractivity contribution in [3.05, 3.63) is 95.2 Å². The molecule has 0 atom stereocenters. The van der Waals surface area contributed by atoms with Gasteiger partial charge in [-0.25, -0.2) is 14.1 Å². The number of halogens is 1. The summed E-state index contributed by atoms with van der Waals surface area (Å²) in [5, 5.41) is 19.9. The zero-order chi connectivity index (χ0) is 29.4. The number of nitrogens with two attached hydrogens (primary N) is 1. The van der Waals surface area contributed by atoms with Crippen LogP contribution in [0.4, 0.5) is 4.39 Å². The molecule has 6 rings (SSSR count). The van der Waals surface area contributed by atoms with Gasteiger partial charge in [0.05, 0.1) is 30.2 Å². The van der Waals surface area contributed by atoms with E-state index in [1.165, 1.54) is 38.6 Å². The third-order valence-corrected chi connectivity index (χ3v) is 7.49. The van der Waals surface area contributed by atoms with Gasteiger partial charge in [0.25, 0.3) is 11.5 Å². The molecule has 5 aromatic rings. The van der Waals surface area contributed by atoms with Gasteiger partial charge in [0, 0.05) is 30.4 Å². The highest BCUT2D eigenvalue weighted by molar-refractivity contribution is 5.94. The van der Waals surface area contributed by atoms with Crippen LogP contribution in [-0.2, 0) is 17.9 Å². The van der Waals surface area contributed by atoms with Crippen molar-refractivity contribution in [2.24, 2.45) is 5.73 Å². The molecule has 0 bridgehead atoms. The Morgan fingerprint density at radius 1 is 0.976 bits per heavy atom. The molecule has 1 saturated heterocycles. The zero-order valence-corrected chi connectivity index (χ0v) is 22.4. The molecule has 2 aromatic carbocycles. The molecule has 214 valence electrons. The summed E-state index contributed by atoms with van der Waals surface area (Å²) in [6, 6.07) is 12.8. The van der Waals surface area contributed by atoms with Crippen LogP contribution in [0.1, 0.15) is 23.2 Å².